The van der Waals surface area contributed by atoms with Crippen LogP contribution < -0.4 is 23.7 Å². The van der Waals surface area contributed by atoms with Crippen LogP contribution in [0.25, 0.3) is 21.5 Å². The SMILES string of the molecule is CC(C)(C)Oc1ccc([S+](c2ccc(OCc3cc4ccccc4c4ccccc34)cc2)c2ccc(OC(C)(C)C)c(OC(C)(C)C)c2)cc1OC(C)(C)C.O=S(=O)([O-])C(F)(F)F. The molecule has 8 nitrogen and oxygen atoms in total. The normalized spacial score (nSPS) is 12.8. The largest absolute Gasteiger partial charge is 0.741 e. The summed E-state index contributed by atoms with van der Waals surface area (Å²) in [4.78, 5) is 3.30. The first-order valence-corrected chi connectivity index (χ1v) is 23.0. The van der Waals surface area contributed by atoms with E-state index in [9.17, 15) is 13.2 Å². The Morgan fingerprint density at radius 3 is 1.30 bits per heavy atom. The quantitative estimate of drug-likeness (QED) is 0.0579. The van der Waals surface area contributed by atoms with Crippen LogP contribution >= 0.6 is 0 Å². The molecule has 0 unspecified atom stereocenters. The lowest BCUT2D eigenvalue weighted by Gasteiger charge is -2.28. The fraction of sp³-hybridized carbons (Fsp3) is 0.360. The maximum absolute atomic E-state index is 10.7. The van der Waals surface area contributed by atoms with E-state index in [1.165, 1.54) is 21.5 Å². The van der Waals surface area contributed by atoms with E-state index >= 15 is 0 Å². The standard InChI is InChI=1S/C49H57O5S.CHF3O3S/c1-46(2,3)51-42-27-25-37(30-44(42)53-48(7,8)9)55(38-26-28-43(52-47(4,5)6)45(31-38)54-49(10,11)12)36-23-21-35(22-24-36)50-32-34-29-33-17-13-14-18-39(33)41-20-16-15-19-40(34)41;2-1(3,4)8(5,6)7/h13-31H,32H2,1-12H3;(H,5,6,7)/q+1;/p-1. The minimum Gasteiger partial charge on any atom is -0.741 e. The Labute approximate surface area is 372 Å². The number of halogens is 3. The first-order valence-electron chi connectivity index (χ1n) is 20.4. The average Bonchev–Trinajstić information content (AvgIpc) is 3.14. The van der Waals surface area contributed by atoms with Crippen LogP contribution in [-0.2, 0) is 27.6 Å². The molecular formula is C50H57F3O8S2. The van der Waals surface area contributed by atoms with Gasteiger partial charge in [0.2, 0.25) is 0 Å². The molecule has 0 aliphatic rings. The number of rotatable bonds is 10. The highest BCUT2D eigenvalue weighted by Gasteiger charge is 2.37. The predicted molar refractivity (Wildman–Crippen MR) is 245 cm³/mol. The summed E-state index contributed by atoms with van der Waals surface area (Å²) in [5, 5.41) is 4.91. The van der Waals surface area contributed by atoms with E-state index in [1.54, 1.807) is 0 Å². The zero-order chi connectivity index (χ0) is 46.8. The van der Waals surface area contributed by atoms with Crippen molar-refractivity contribution in [3.63, 3.8) is 0 Å². The molecule has 6 aromatic carbocycles. The lowest BCUT2D eigenvalue weighted by atomic mass is 9.98. The van der Waals surface area contributed by atoms with Gasteiger partial charge in [-0.3, -0.25) is 0 Å². The zero-order valence-corrected chi connectivity index (χ0v) is 39.5. The van der Waals surface area contributed by atoms with Crippen LogP contribution in [0.15, 0.2) is 130 Å². The van der Waals surface area contributed by atoms with Crippen molar-refractivity contribution >= 4 is 42.6 Å². The fourth-order valence-corrected chi connectivity index (χ4v) is 8.45. The van der Waals surface area contributed by atoms with Gasteiger partial charge < -0.3 is 28.2 Å². The predicted octanol–water partition coefficient (Wildman–Crippen LogP) is 13.4. The molecule has 0 aliphatic carbocycles. The number of hydrogen-bond acceptors (Lipinski definition) is 8. The number of alkyl halides is 3. The Hall–Kier alpha value is -5.11. The molecule has 63 heavy (non-hydrogen) atoms. The summed E-state index contributed by atoms with van der Waals surface area (Å²) in [6.07, 6.45) is 0. The molecule has 6 aromatic rings. The number of ether oxygens (including phenoxy) is 5. The Morgan fingerprint density at radius 2 is 0.873 bits per heavy atom. The molecule has 0 radical (unpaired) electrons. The fourth-order valence-electron chi connectivity index (χ4n) is 6.37. The van der Waals surface area contributed by atoms with Crippen LogP contribution in [0.4, 0.5) is 13.2 Å². The minimum atomic E-state index is -6.09. The third-order valence-electron chi connectivity index (χ3n) is 8.56. The van der Waals surface area contributed by atoms with Gasteiger partial charge in [-0.15, -0.1) is 0 Å². The summed E-state index contributed by atoms with van der Waals surface area (Å²) in [5.74, 6) is 3.65. The van der Waals surface area contributed by atoms with E-state index in [4.69, 9.17) is 36.7 Å². The second-order valence-electron chi connectivity index (χ2n) is 18.8. The van der Waals surface area contributed by atoms with Gasteiger partial charge in [0.05, 0.1) is 10.9 Å². The molecule has 0 atom stereocenters. The molecule has 0 amide bonds. The van der Waals surface area contributed by atoms with Crippen LogP contribution in [0.5, 0.6) is 28.7 Å². The maximum atomic E-state index is 10.7. The summed E-state index contributed by atoms with van der Waals surface area (Å²) in [6.45, 7) is 25.1. The van der Waals surface area contributed by atoms with Crippen molar-refractivity contribution in [1.82, 2.24) is 0 Å². The smallest absolute Gasteiger partial charge is 0.485 e. The van der Waals surface area contributed by atoms with Gasteiger partial charge in [0.1, 0.15) is 34.8 Å². The summed E-state index contributed by atoms with van der Waals surface area (Å²) >= 11 is 0. The van der Waals surface area contributed by atoms with Crippen molar-refractivity contribution in [2.75, 3.05) is 0 Å². The summed E-state index contributed by atoms with van der Waals surface area (Å²) < 4.78 is 91.4. The van der Waals surface area contributed by atoms with Gasteiger partial charge in [0.25, 0.3) is 0 Å². The zero-order valence-electron chi connectivity index (χ0n) is 37.9. The third kappa shape index (κ3) is 13.9. The van der Waals surface area contributed by atoms with Gasteiger partial charge in [-0.1, -0.05) is 48.5 Å². The molecule has 0 fully saturated rings. The lowest BCUT2D eigenvalue weighted by molar-refractivity contribution is -0.0517. The lowest BCUT2D eigenvalue weighted by Crippen LogP contribution is -2.27. The van der Waals surface area contributed by atoms with E-state index in [0.29, 0.717) is 29.6 Å². The van der Waals surface area contributed by atoms with Crippen molar-refractivity contribution in [3.8, 4) is 28.7 Å². The molecule has 0 spiro atoms. The molecule has 0 aromatic heterocycles. The second kappa shape index (κ2) is 18.5. The highest BCUT2D eigenvalue weighted by Crippen LogP contribution is 2.43. The Balaban J connectivity index is 0.000000852. The topological polar surface area (TPSA) is 103 Å². The third-order valence-corrected chi connectivity index (χ3v) is 11.3. The van der Waals surface area contributed by atoms with E-state index in [0.717, 1.165) is 26.0 Å². The molecule has 0 aliphatic heterocycles. The van der Waals surface area contributed by atoms with Crippen LogP contribution in [0.3, 0.4) is 0 Å². The van der Waals surface area contributed by atoms with Crippen molar-refractivity contribution in [2.24, 2.45) is 0 Å². The minimum absolute atomic E-state index is 0.393. The van der Waals surface area contributed by atoms with Crippen LogP contribution in [0.2, 0.25) is 0 Å². The van der Waals surface area contributed by atoms with Crippen molar-refractivity contribution in [2.45, 2.75) is 132 Å². The second-order valence-corrected chi connectivity index (χ2v) is 22.2. The molecule has 0 saturated carbocycles. The number of hydrogen-bond donors (Lipinski definition) is 0. The van der Waals surface area contributed by atoms with Gasteiger partial charge >= 0.3 is 5.51 Å². The molecule has 0 saturated heterocycles. The van der Waals surface area contributed by atoms with Crippen molar-refractivity contribution in [1.29, 1.82) is 0 Å². The summed E-state index contributed by atoms with van der Waals surface area (Å²) in [7, 11) is -6.65. The molecule has 338 valence electrons. The molecule has 0 bridgehead atoms. The summed E-state index contributed by atoms with van der Waals surface area (Å²) in [6, 6.07) is 40.5. The monoisotopic (exact) mass is 906 g/mol. The number of fused-ring (bicyclic) bond motifs is 3. The van der Waals surface area contributed by atoms with E-state index in [-0.39, 0.29) is 0 Å². The van der Waals surface area contributed by atoms with Crippen molar-refractivity contribution in [3.05, 3.63) is 121 Å². The van der Waals surface area contributed by atoms with Crippen LogP contribution in [0, 0.1) is 0 Å². The number of benzene rings is 6. The highest BCUT2D eigenvalue weighted by molar-refractivity contribution is 7.97. The summed E-state index contributed by atoms with van der Waals surface area (Å²) in [5.41, 5.74) is -6.13. The molecule has 6 rings (SSSR count). The van der Waals surface area contributed by atoms with E-state index < -0.39 is 48.9 Å². The van der Waals surface area contributed by atoms with E-state index in [1.807, 2.05) is 12.1 Å². The van der Waals surface area contributed by atoms with Crippen LogP contribution in [0.1, 0.15) is 88.6 Å². The molecule has 13 heteroatoms. The van der Waals surface area contributed by atoms with Gasteiger partial charge in [0, 0.05) is 12.1 Å². The first kappa shape index (κ1) is 48.9. The maximum Gasteiger partial charge on any atom is 0.485 e. The Bertz CT molecular complexity index is 2550. The highest BCUT2D eigenvalue weighted by atomic mass is 32.2. The Kier molecular flexibility index (Phi) is 14.4. The molecular weight excluding hydrogens is 850 g/mol. The average molecular weight is 907 g/mol. The molecule has 0 N–H and O–H groups in total. The van der Waals surface area contributed by atoms with Crippen LogP contribution in [-0.4, -0.2) is 40.9 Å². The first-order chi connectivity index (χ1) is 29.0. The van der Waals surface area contributed by atoms with E-state index in [2.05, 4.69) is 186 Å². The van der Waals surface area contributed by atoms with Gasteiger partial charge in [-0.2, -0.15) is 13.2 Å². The van der Waals surface area contributed by atoms with Gasteiger partial charge in [-0.25, -0.2) is 8.42 Å². The van der Waals surface area contributed by atoms with Crippen molar-refractivity contribution < 1.29 is 49.8 Å². The van der Waals surface area contributed by atoms with Gasteiger partial charge in [-0.05, 0) is 165 Å². The Morgan fingerprint density at radius 1 is 0.492 bits per heavy atom. The van der Waals surface area contributed by atoms with Gasteiger partial charge in [0.15, 0.2) is 47.8 Å². The molecule has 0 heterocycles.